The maximum atomic E-state index is 13.0. The molecule has 0 aliphatic carbocycles. The fourth-order valence-corrected chi connectivity index (χ4v) is 3.67. The average Bonchev–Trinajstić information content (AvgIpc) is 3.03. The molecule has 2 aromatic rings. The van der Waals surface area contributed by atoms with Crippen LogP contribution in [0.1, 0.15) is 25.8 Å². The van der Waals surface area contributed by atoms with Crippen molar-refractivity contribution in [3.05, 3.63) is 58.8 Å². The van der Waals surface area contributed by atoms with Gasteiger partial charge in [0.1, 0.15) is 12.4 Å². The molecule has 168 valence electrons. The van der Waals surface area contributed by atoms with Crippen LogP contribution >= 0.6 is 11.8 Å². The molecule has 0 bridgehead atoms. The molecular weight excluding hydrogens is 435 g/mol. The highest BCUT2D eigenvalue weighted by atomic mass is 32.2. The van der Waals surface area contributed by atoms with E-state index in [0.717, 1.165) is 23.1 Å². The number of benzene rings is 2. The normalized spacial score (nSPS) is 15.8. The molecule has 1 aliphatic rings. The second-order valence-electron chi connectivity index (χ2n) is 7.07. The summed E-state index contributed by atoms with van der Waals surface area (Å²) in [5.41, 5.74) is 1.02. The summed E-state index contributed by atoms with van der Waals surface area (Å²) < 4.78 is 24.2. The number of thioether (sulfide) groups is 1. The molecule has 0 radical (unpaired) electrons. The summed E-state index contributed by atoms with van der Waals surface area (Å²) in [6, 6.07) is 10.4. The number of carbonyl (C=O) groups is 3. The molecule has 3 amide bonds. The van der Waals surface area contributed by atoms with E-state index in [1.165, 1.54) is 31.4 Å². The Bertz CT molecular complexity index is 1050. The Balaban J connectivity index is 1.70. The highest BCUT2D eigenvalue weighted by molar-refractivity contribution is 8.18. The maximum Gasteiger partial charge on any atom is 0.294 e. The van der Waals surface area contributed by atoms with Crippen LogP contribution in [0.15, 0.2) is 47.4 Å². The Morgan fingerprint density at radius 2 is 1.91 bits per heavy atom. The number of rotatable bonds is 8. The minimum atomic E-state index is -0.562. The Morgan fingerprint density at radius 1 is 1.19 bits per heavy atom. The summed E-state index contributed by atoms with van der Waals surface area (Å²) in [7, 11) is 1.52. The lowest BCUT2D eigenvalue weighted by Gasteiger charge is -2.15. The van der Waals surface area contributed by atoms with E-state index >= 15 is 0 Å². The van der Waals surface area contributed by atoms with Crippen molar-refractivity contribution in [2.24, 2.45) is 0 Å². The molecule has 0 aromatic heterocycles. The number of anilines is 1. The molecule has 0 saturated carbocycles. The number of halogens is 1. The average molecular weight is 459 g/mol. The number of hydrogen-bond acceptors (Lipinski definition) is 6. The Hall–Kier alpha value is -3.33. The minimum Gasteiger partial charge on any atom is -0.493 e. The number of hydrogen-bond donors (Lipinski definition) is 1. The van der Waals surface area contributed by atoms with Crippen LogP contribution in [0, 0.1) is 5.82 Å². The van der Waals surface area contributed by atoms with Crippen LogP contribution in [-0.4, -0.2) is 41.7 Å². The first-order valence-corrected chi connectivity index (χ1v) is 10.8. The Morgan fingerprint density at radius 3 is 2.56 bits per heavy atom. The molecule has 1 fully saturated rings. The van der Waals surface area contributed by atoms with Crippen molar-refractivity contribution in [1.82, 2.24) is 4.90 Å². The number of ether oxygens (including phenoxy) is 2. The number of nitrogens with zero attached hydrogens (tertiary/aromatic N) is 1. The van der Waals surface area contributed by atoms with Crippen LogP contribution in [0.25, 0.3) is 6.08 Å². The van der Waals surface area contributed by atoms with Crippen LogP contribution in [0.2, 0.25) is 0 Å². The monoisotopic (exact) mass is 458 g/mol. The SMILES string of the molecule is CC[C@@H](C)Oc1ccc(/C=C2\SC(=O)N(CC(=O)Nc3ccc(F)cc3)C2=O)cc1OC. The molecule has 1 saturated heterocycles. The van der Waals surface area contributed by atoms with E-state index < -0.39 is 29.4 Å². The van der Waals surface area contributed by atoms with Gasteiger partial charge in [-0.3, -0.25) is 19.3 Å². The fourth-order valence-electron chi connectivity index (χ4n) is 2.84. The zero-order valence-electron chi connectivity index (χ0n) is 17.9. The van der Waals surface area contributed by atoms with Gasteiger partial charge in [-0.05, 0) is 73.1 Å². The second-order valence-corrected chi connectivity index (χ2v) is 8.06. The Labute approximate surface area is 189 Å². The zero-order valence-corrected chi connectivity index (χ0v) is 18.7. The van der Waals surface area contributed by atoms with Gasteiger partial charge < -0.3 is 14.8 Å². The highest BCUT2D eigenvalue weighted by Crippen LogP contribution is 2.35. The van der Waals surface area contributed by atoms with E-state index in [0.29, 0.717) is 22.7 Å². The summed E-state index contributed by atoms with van der Waals surface area (Å²) in [5, 5.41) is 1.99. The van der Waals surface area contributed by atoms with Crippen molar-refractivity contribution in [1.29, 1.82) is 0 Å². The van der Waals surface area contributed by atoms with Gasteiger partial charge in [0.25, 0.3) is 11.1 Å². The van der Waals surface area contributed by atoms with Crippen LogP contribution < -0.4 is 14.8 Å². The van der Waals surface area contributed by atoms with Gasteiger partial charge in [-0.2, -0.15) is 0 Å². The van der Waals surface area contributed by atoms with Crippen LogP contribution in [0.5, 0.6) is 11.5 Å². The van der Waals surface area contributed by atoms with E-state index in [2.05, 4.69) is 5.32 Å². The first kappa shape index (κ1) is 23.3. The number of methoxy groups -OCH3 is 1. The molecule has 2 aromatic carbocycles. The standard InChI is InChI=1S/C23H23FN2O5S/c1-4-14(2)31-18-10-5-15(11-19(18)30-3)12-20-22(28)26(23(29)32-20)13-21(27)25-17-8-6-16(24)7-9-17/h5-12,14H,4,13H2,1-3H3,(H,25,27)/b20-12-/t14-/m1/s1. The van der Waals surface area contributed by atoms with Gasteiger partial charge in [0.15, 0.2) is 11.5 Å². The summed E-state index contributed by atoms with van der Waals surface area (Å²) in [6.45, 7) is 3.53. The van der Waals surface area contributed by atoms with Crippen molar-refractivity contribution in [3.63, 3.8) is 0 Å². The molecule has 1 heterocycles. The predicted molar refractivity (Wildman–Crippen MR) is 121 cm³/mol. The predicted octanol–water partition coefficient (Wildman–Crippen LogP) is 4.69. The van der Waals surface area contributed by atoms with Gasteiger partial charge in [0.05, 0.1) is 18.1 Å². The largest absolute Gasteiger partial charge is 0.493 e. The number of amides is 3. The number of nitrogens with one attached hydrogen (secondary N) is 1. The van der Waals surface area contributed by atoms with Gasteiger partial charge in [-0.1, -0.05) is 13.0 Å². The molecule has 7 nitrogen and oxygen atoms in total. The van der Waals surface area contributed by atoms with Crippen molar-refractivity contribution in [3.8, 4) is 11.5 Å². The van der Waals surface area contributed by atoms with Crippen LogP contribution in [-0.2, 0) is 9.59 Å². The van der Waals surface area contributed by atoms with Gasteiger partial charge in [-0.15, -0.1) is 0 Å². The summed E-state index contributed by atoms with van der Waals surface area (Å²) >= 11 is 0.756. The topological polar surface area (TPSA) is 84.9 Å². The molecule has 0 unspecified atom stereocenters. The molecule has 9 heteroatoms. The molecular formula is C23H23FN2O5S. The van der Waals surface area contributed by atoms with Crippen LogP contribution in [0.3, 0.4) is 0 Å². The summed E-state index contributed by atoms with van der Waals surface area (Å²) in [6.07, 6.45) is 2.43. The first-order chi connectivity index (χ1) is 15.3. The second kappa shape index (κ2) is 10.3. The molecule has 1 atom stereocenters. The lowest BCUT2D eigenvalue weighted by molar-refractivity contribution is -0.127. The summed E-state index contributed by atoms with van der Waals surface area (Å²) in [5.74, 6) is -0.460. The summed E-state index contributed by atoms with van der Waals surface area (Å²) in [4.78, 5) is 38.3. The quantitative estimate of drug-likeness (QED) is 0.578. The van der Waals surface area contributed by atoms with Crippen molar-refractivity contribution >= 4 is 40.6 Å². The Kier molecular flexibility index (Phi) is 7.53. The maximum absolute atomic E-state index is 13.0. The molecule has 32 heavy (non-hydrogen) atoms. The first-order valence-electron chi connectivity index (χ1n) is 9.96. The third kappa shape index (κ3) is 5.67. The molecule has 1 N–H and O–H groups in total. The lowest BCUT2D eigenvalue weighted by atomic mass is 10.1. The van der Waals surface area contributed by atoms with Crippen molar-refractivity contribution in [2.75, 3.05) is 19.0 Å². The fraction of sp³-hybridized carbons (Fsp3) is 0.261. The third-order valence-electron chi connectivity index (χ3n) is 4.69. The minimum absolute atomic E-state index is 0.0207. The molecule has 0 spiro atoms. The molecule has 1 aliphatic heterocycles. The van der Waals surface area contributed by atoms with E-state index in [4.69, 9.17) is 9.47 Å². The van der Waals surface area contributed by atoms with Gasteiger partial charge in [0.2, 0.25) is 5.91 Å². The van der Waals surface area contributed by atoms with E-state index in [9.17, 15) is 18.8 Å². The van der Waals surface area contributed by atoms with Gasteiger partial charge in [-0.25, -0.2) is 4.39 Å². The molecule has 3 rings (SSSR count). The zero-order chi connectivity index (χ0) is 23.3. The number of imide groups is 1. The van der Waals surface area contributed by atoms with E-state index in [1.807, 2.05) is 13.8 Å². The van der Waals surface area contributed by atoms with Gasteiger partial charge >= 0.3 is 0 Å². The smallest absolute Gasteiger partial charge is 0.294 e. The van der Waals surface area contributed by atoms with E-state index in [-0.39, 0.29) is 11.0 Å². The van der Waals surface area contributed by atoms with Gasteiger partial charge in [0, 0.05) is 5.69 Å². The highest BCUT2D eigenvalue weighted by Gasteiger charge is 2.36. The van der Waals surface area contributed by atoms with Crippen molar-refractivity contribution < 1.29 is 28.2 Å². The van der Waals surface area contributed by atoms with Crippen LogP contribution in [0.4, 0.5) is 14.9 Å². The third-order valence-corrected chi connectivity index (χ3v) is 5.60. The lowest BCUT2D eigenvalue weighted by Crippen LogP contribution is -2.36. The number of carbonyl (C=O) groups excluding carboxylic acids is 3. The van der Waals surface area contributed by atoms with Crippen molar-refractivity contribution in [2.45, 2.75) is 26.4 Å². The van der Waals surface area contributed by atoms with E-state index in [1.54, 1.807) is 24.3 Å².